The minimum atomic E-state index is -0.721. The lowest BCUT2D eigenvalue weighted by Crippen LogP contribution is -2.44. The molecule has 0 atom stereocenters. The van der Waals surface area contributed by atoms with Crippen molar-refractivity contribution in [3.05, 3.63) is 0 Å². The van der Waals surface area contributed by atoms with Gasteiger partial charge >= 0.3 is 11.8 Å². The standard InChI is InChI=1S/C7H13N3O2S/c1-4(2)10-7(12)6(11)9-3-5(8)13/h4H,3H2,1-2H3,(H2,8,13)(H,9,11)(H,10,12). The molecule has 0 saturated heterocycles. The molecule has 74 valence electrons. The zero-order valence-electron chi connectivity index (χ0n) is 7.59. The molecule has 0 rings (SSSR count). The molecule has 0 aromatic heterocycles. The average molecular weight is 203 g/mol. The summed E-state index contributed by atoms with van der Waals surface area (Å²) in [6.45, 7) is 3.57. The van der Waals surface area contributed by atoms with Gasteiger partial charge in [-0.15, -0.1) is 0 Å². The Balaban J connectivity index is 3.83. The molecule has 0 aliphatic rings. The van der Waals surface area contributed by atoms with Gasteiger partial charge in [-0.25, -0.2) is 0 Å². The molecule has 0 saturated carbocycles. The molecule has 0 heterocycles. The molecule has 0 aromatic rings. The third kappa shape index (κ3) is 6.03. The number of carbonyl (C=O) groups excluding carboxylic acids is 2. The second kappa shape index (κ2) is 5.47. The molecule has 0 aromatic carbocycles. The van der Waals surface area contributed by atoms with Gasteiger partial charge in [0.15, 0.2) is 0 Å². The summed E-state index contributed by atoms with van der Waals surface area (Å²) >= 11 is 4.52. The lowest BCUT2D eigenvalue weighted by atomic mass is 10.4. The zero-order valence-corrected chi connectivity index (χ0v) is 8.40. The van der Waals surface area contributed by atoms with E-state index in [0.29, 0.717) is 0 Å². The molecule has 0 fully saturated rings. The third-order valence-electron chi connectivity index (χ3n) is 1.05. The first-order valence-corrected chi connectivity index (χ1v) is 4.21. The number of rotatable bonds is 3. The van der Waals surface area contributed by atoms with E-state index in [2.05, 4.69) is 22.9 Å². The monoisotopic (exact) mass is 203 g/mol. The molecule has 0 unspecified atom stereocenters. The fourth-order valence-corrected chi connectivity index (χ4v) is 0.648. The molecule has 0 aliphatic heterocycles. The number of carbonyl (C=O) groups is 2. The zero-order chi connectivity index (χ0) is 10.4. The number of nitrogens with one attached hydrogen (secondary N) is 2. The lowest BCUT2D eigenvalue weighted by Gasteiger charge is -2.07. The minimum absolute atomic E-state index is 0.0414. The molecule has 6 heteroatoms. The molecule has 0 bridgehead atoms. The minimum Gasteiger partial charge on any atom is -0.392 e. The summed E-state index contributed by atoms with van der Waals surface area (Å²) in [4.78, 5) is 22.0. The fraction of sp³-hybridized carbons (Fsp3) is 0.571. The maximum absolute atomic E-state index is 11.0. The number of nitrogens with two attached hydrogens (primary N) is 1. The Morgan fingerprint density at radius 2 is 1.92 bits per heavy atom. The van der Waals surface area contributed by atoms with Crippen molar-refractivity contribution < 1.29 is 9.59 Å². The Kier molecular flexibility index (Phi) is 4.98. The summed E-state index contributed by atoms with van der Waals surface area (Å²) in [5.74, 6) is -1.40. The predicted molar refractivity (Wildman–Crippen MR) is 53.1 cm³/mol. The fourth-order valence-electron chi connectivity index (χ4n) is 0.575. The van der Waals surface area contributed by atoms with Crippen LogP contribution in [-0.4, -0.2) is 29.4 Å². The number of amides is 2. The first-order valence-electron chi connectivity index (χ1n) is 3.80. The van der Waals surface area contributed by atoms with Gasteiger partial charge in [-0.1, -0.05) is 12.2 Å². The summed E-state index contributed by atoms with van der Waals surface area (Å²) in [5, 5.41) is 4.70. The molecular weight excluding hydrogens is 190 g/mol. The van der Waals surface area contributed by atoms with Crippen molar-refractivity contribution in [2.75, 3.05) is 6.54 Å². The molecule has 0 radical (unpaired) electrons. The van der Waals surface area contributed by atoms with Crippen LogP contribution in [0.2, 0.25) is 0 Å². The lowest BCUT2D eigenvalue weighted by molar-refractivity contribution is -0.139. The van der Waals surface area contributed by atoms with Gasteiger partial charge in [0.25, 0.3) is 0 Å². The summed E-state index contributed by atoms with van der Waals surface area (Å²) in [7, 11) is 0. The highest BCUT2D eigenvalue weighted by atomic mass is 32.1. The van der Waals surface area contributed by atoms with Crippen molar-refractivity contribution >= 4 is 29.0 Å². The van der Waals surface area contributed by atoms with Crippen LogP contribution >= 0.6 is 12.2 Å². The van der Waals surface area contributed by atoms with Crippen molar-refractivity contribution in [2.24, 2.45) is 5.73 Å². The van der Waals surface area contributed by atoms with Gasteiger partial charge in [0, 0.05) is 6.04 Å². The van der Waals surface area contributed by atoms with Crippen molar-refractivity contribution in [3.63, 3.8) is 0 Å². The first kappa shape index (κ1) is 11.8. The van der Waals surface area contributed by atoms with Gasteiger partial charge in [-0.3, -0.25) is 9.59 Å². The first-order chi connectivity index (χ1) is 5.93. The maximum atomic E-state index is 11.0. The molecule has 0 aliphatic carbocycles. The third-order valence-corrected chi connectivity index (χ3v) is 1.19. The largest absolute Gasteiger partial charge is 0.392 e. The van der Waals surface area contributed by atoms with E-state index in [1.807, 2.05) is 0 Å². The van der Waals surface area contributed by atoms with E-state index in [-0.39, 0.29) is 17.6 Å². The van der Waals surface area contributed by atoms with Crippen LogP contribution in [-0.2, 0) is 9.59 Å². The Morgan fingerprint density at radius 1 is 1.38 bits per heavy atom. The smallest absolute Gasteiger partial charge is 0.309 e. The molecule has 2 amide bonds. The second-order valence-corrected chi connectivity index (χ2v) is 3.30. The Morgan fingerprint density at radius 3 is 2.31 bits per heavy atom. The van der Waals surface area contributed by atoms with E-state index in [1.165, 1.54) is 0 Å². The van der Waals surface area contributed by atoms with Crippen molar-refractivity contribution in [1.82, 2.24) is 10.6 Å². The molecular formula is C7H13N3O2S. The topological polar surface area (TPSA) is 84.2 Å². The van der Waals surface area contributed by atoms with Gasteiger partial charge in [-0.05, 0) is 13.8 Å². The van der Waals surface area contributed by atoms with Crippen LogP contribution in [0.5, 0.6) is 0 Å². The summed E-state index contributed by atoms with van der Waals surface area (Å²) in [5.41, 5.74) is 5.13. The van der Waals surface area contributed by atoms with Gasteiger partial charge in [-0.2, -0.15) is 0 Å². The van der Waals surface area contributed by atoms with E-state index >= 15 is 0 Å². The second-order valence-electron chi connectivity index (χ2n) is 2.78. The van der Waals surface area contributed by atoms with Crippen LogP contribution < -0.4 is 16.4 Å². The summed E-state index contributed by atoms with van der Waals surface area (Å²) < 4.78 is 0. The SMILES string of the molecule is CC(C)NC(=O)C(=O)NCC(N)=S. The van der Waals surface area contributed by atoms with E-state index in [9.17, 15) is 9.59 Å². The van der Waals surface area contributed by atoms with Crippen LogP contribution in [0.25, 0.3) is 0 Å². The van der Waals surface area contributed by atoms with Crippen LogP contribution in [0, 0.1) is 0 Å². The van der Waals surface area contributed by atoms with E-state index in [4.69, 9.17) is 5.73 Å². The Bertz CT molecular complexity index is 228. The van der Waals surface area contributed by atoms with E-state index in [0.717, 1.165) is 0 Å². The molecule has 13 heavy (non-hydrogen) atoms. The van der Waals surface area contributed by atoms with Gasteiger partial charge in [0.1, 0.15) is 0 Å². The molecule has 4 N–H and O–H groups in total. The van der Waals surface area contributed by atoms with Crippen molar-refractivity contribution in [3.8, 4) is 0 Å². The van der Waals surface area contributed by atoms with E-state index in [1.54, 1.807) is 13.8 Å². The highest BCUT2D eigenvalue weighted by molar-refractivity contribution is 7.80. The Hall–Kier alpha value is -1.17. The van der Waals surface area contributed by atoms with Crippen LogP contribution in [0.15, 0.2) is 0 Å². The van der Waals surface area contributed by atoms with Gasteiger partial charge in [0.05, 0.1) is 11.5 Å². The quantitative estimate of drug-likeness (QED) is 0.402. The van der Waals surface area contributed by atoms with Crippen LogP contribution in [0.1, 0.15) is 13.8 Å². The number of thiocarbonyl (C=S) groups is 1. The summed E-state index contributed by atoms with van der Waals surface area (Å²) in [6.07, 6.45) is 0. The maximum Gasteiger partial charge on any atom is 0.309 e. The van der Waals surface area contributed by atoms with Gasteiger partial charge < -0.3 is 16.4 Å². The van der Waals surface area contributed by atoms with Crippen LogP contribution in [0.3, 0.4) is 0 Å². The molecule has 0 spiro atoms. The normalized spacial score (nSPS) is 9.46. The van der Waals surface area contributed by atoms with E-state index < -0.39 is 11.8 Å². The molecule has 5 nitrogen and oxygen atoms in total. The predicted octanol–water partition coefficient (Wildman–Crippen LogP) is -1.09. The van der Waals surface area contributed by atoms with Crippen molar-refractivity contribution in [1.29, 1.82) is 0 Å². The number of hydrogen-bond acceptors (Lipinski definition) is 3. The van der Waals surface area contributed by atoms with Gasteiger partial charge in [0.2, 0.25) is 0 Å². The van der Waals surface area contributed by atoms with Crippen LogP contribution in [0.4, 0.5) is 0 Å². The highest BCUT2D eigenvalue weighted by Crippen LogP contribution is 1.77. The highest BCUT2D eigenvalue weighted by Gasteiger charge is 2.13. The Labute approximate surface area is 82.1 Å². The van der Waals surface area contributed by atoms with Crippen molar-refractivity contribution in [2.45, 2.75) is 19.9 Å². The average Bonchev–Trinajstić information content (AvgIpc) is 1.98. The summed E-state index contributed by atoms with van der Waals surface area (Å²) in [6, 6.07) is -0.0666. The number of hydrogen-bond donors (Lipinski definition) is 3.